The van der Waals surface area contributed by atoms with Gasteiger partial charge in [-0.1, -0.05) is 42.5 Å². The molecule has 0 bridgehead atoms. The summed E-state index contributed by atoms with van der Waals surface area (Å²) >= 11 is 0. The van der Waals surface area contributed by atoms with Crippen LogP contribution in [-0.4, -0.2) is 12.9 Å². The van der Waals surface area contributed by atoms with E-state index in [2.05, 4.69) is 47.5 Å². The van der Waals surface area contributed by atoms with Crippen molar-refractivity contribution in [3.63, 3.8) is 0 Å². The average Bonchev–Trinajstić information content (AvgIpc) is 2.83. The summed E-state index contributed by atoms with van der Waals surface area (Å²) in [6.45, 7) is 0.406. The monoisotopic (exact) mass is 233 g/mol. The predicted molar refractivity (Wildman–Crippen MR) is 73.7 cm³/mol. The summed E-state index contributed by atoms with van der Waals surface area (Å²) in [7, 11) is 0. The zero-order chi connectivity index (χ0) is 11.9. The van der Waals surface area contributed by atoms with Crippen LogP contribution in [0, 0.1) is 0 Å². The molecule has 2 aliphatic carbocycles. The standard InChI is InChI=1S/C16H11NO/c1-2-6-14-12(4-1)8-11-5-3-7-13(11)15-9-17-10-18-16(14)15/h1-9H,10H2. The molecule has 0 N–H and O–H groups in total. The van der Waals surface area contributed by atoms with Crippen molar-refractivity contribution in [2.45, 2.75) is 0 Å². The molecule has 0 fully saturated rings. The van der Waals surface area contributed by atoms with Gasteiger partial charge < -0.3 is 4.74 Å². The maximum atomic E-state index is 5.78. The molecule has 2 nitrogen and oxygen atoms in total. The Kier molecular flexibility index (Phi) is 1.92. The quantitative estimate of drug-likeness (QED) is 0.580. The Balaban J connectivity index is 2.27. The number of rotatable bonds is 0. The number of benzene rings is 1. The van der Waals surface area contributed by atoms with Crippen molar-refractivity contribution >= 4 is 17.0 Å². The minimum atomic E-state index is 0.406. The van der Waals surface area contributed by atoms with Gasteiger partial charge in [0.25, 0.3) is 0 Å². The van der Waals surface area contributed by atoms with Crippen molar-refractivity contribution in [3.05, 3.63) is 54.1 Å². The highest BCUT2D eigenvalue weighted by molar-refractivity contribution is 6.03. The van der Waals surface area contributed by atoms with E-state index in [1.807, 2.05) is 12.3 Å². The Morgan fingerprint density at radius 3 is 2.94 bits per heavy atom. The fourth-order valence-corrected chi connectivity index (χ4v) is 2.58. The van der Waals surface area contributed by atoms with Crippen LogP contribution in [0.1, 0.15) is 5.56 Å². The van der Waals surface area contributed by atoms with E-state index in [1.54, 1.807) is 0 Å². The van der Waals surface area contributed by atoms with Gasteiger partial charge in [0.2, 0.25) is 0 Å². The van der Waals surface area contributed by atoms with E-state index < -0.39 is 0 Å². The van der Waals surface area contributed by atoms with Gasteiger partial charge in [0.05, 0.1) is 0 Å². The van der Waals surface area contributed by atoms with Crippen LogP contribution < -0.4 is 4.74 Å². The molecular formula is C16H11NO. The van der Waals surface area contributed by atoms with E-state index >= 15 is 0 Å². The van der Waals surface area contributed by atoms with E-state index in [4.69, 9.17) is 4.74 Å². The highest BCUT2D eigenvalue weighted by Crippen LogP contribution is 2.38. The third-order valence-corrected chi connectivity index (χ3v) is 3.40. The molecule has 1 aromatic rings. The predicted octanol–water partition coefficient (Wildman–Crippen LogP) is 3.71. The van der Waals surface area contributed by atoms with Crippen LogP contribution in [0.4, 0.5) is 0 Å². The zero-order valence-electron chi connectivity index (χ0n) is 9.76. The third-order valence-electron chi connectivity index (χ3n) is 3.40. The number of hydrogen-bond acceptors (Lipinski definition) is 2. The normalized spacial score (nSPS) is 13.6. The van der Waals surface area contributed by atoms with E-state index in [0.717, 1.165) is 16.7 Å². The highest BCUT2D eigenvalue weighted by atomic mass is 16.5. The number of aliphatic imine (C=N–C) groups is 1. The molecule has 0 saturated carbocycles. The summed E-state index contributed by atoms with van der Waals surface area (Å²) in [5, 5.41) is 2.35. The highest BCUT2D eigenvalue weighted by Gasteiger charge is 2.16. The first-order chi connectivity index (χ1) is 8.93. The second-order valence-corrected chi connectivity index (χ2v) is 4.45. The molecule has 1 heterocycles. The average molecular weight is 233 g/mol. The molecule has 0 atom stereocenters. The first-order valence-corrected chi connectivity index (χ1v) is 6.00. The second-order valence-electron chi connectivity index (χ2n) is 4.45. The van der Waals surface area contributed by atoms with Crippen molar-refractivity contribution < 1.29 is 4.74 Å². The molecule has 2 heteroatoms. The molecule has 86 valence electrons. The summed E-state index contributed by atoms with van der Waals surface area (Å²) in [5.41, 5.74) is 3.51. The topological polar surface area (TPSA) is 21.6 Å². The summed E-state index contributed by atoms with van der Waals surface area (Å²) < 4.78 is 5.78. The lowest BCUT2D eigenvalue weighted by Crippen LogP contribution is -2.03. The maximum Gasteiger partial charge on any atom is 0.179 e. The zero-order valence-corrected chi connectivity index (χ0v) is 9.76. The lowest BCUT2D eigenvalue weighted by molar-refractivity contribution is 0.331. The summed E-state index contributed by atoms with van der Waals surface area (Å²) in [4.78, 5) is 4.24. The first-order valence-electron chi connectivity index (χ1n) is 6.00. The molecular weight excluding hydrogens is 222 g/mol. The SMILES string of the molecule is C1=NCOc2c1c1cccc-1cc1ccccc21. The van der Waals surface area contributed by atoms with E-state index in [1.165, 1.54) is 16.5 Å². The Bertz CT molecular complexity index is 745. The molecule has 1 aromatic carbocycles. The summed E-state index contributed by atoms with van der Waals surface area (Å²) in [6.07, 6.45) is 1.92. The van der Waals surface area contributed by atoms with Gasteiger partial charge in [0, 0.05) is 17.2 Å². The van der Waals surface area contributed by atoms with Gasteiger partial charge in [0.15, 0.2) is 6.73 Å². The molecule has 0 saturated heterocycles. The number of ether oxygens (including phenoxy) is 1. The van der Waals surface area contributed by atoms with Crippen LogP contribution in [-0.2, 0) is 0 Å². The summed E-state index contributed by atoms with van der Waals surface area (Å²) in [5.74, 6) is 0.946. The van der Waals surface area contributed by atoms with Crippen molar-refractivity contribution in [2.24, 2.45) is 4.99 Å². The smallest absolute Gasteiger partial charge is 0.179 e. The van der Waals surface area contributed by atoms with Crippen LogP contribution >= 0.6 is 0 Å². The maximum absolute atomic E-state index is 5.78. The van der Waals surface area contributed by atoms with Gasteiger partial charge in [-0.2, -0.15) is 0 Å². The molecule has 0 amide bonds. The lowest BCUT2D eigenvalue weighted by atomic mass is 10.1. The third kappa shape index (κ3) is 1.26. The minimum absolute atomic E-state index is 0.406. The first kappa shape index (κ1) is 9.66. The van der Waals surface area contributed by atoms with Crippen molar-refractivity contribution in [2.75, 3.05) is 6.73 Å². The van der Waals surface area contributed by atoms with Gasteiger partial charge in [-0.15, -0.1) is 0 Å². The minimum Gasteiger partial charge on any atom is -0.470 e. The fraction of sp³-hybridized carbons (Fsp3) is 0.0625. The van der Waals surface area contributed by atoms with E-state index in [9.17, 15) is 0 Å². The molecule has 1 aliphatic heterocycles. The van der Waals surface area contributed by atoms with Crippen LogP contribution in [0.15, 0.2) is 53.5 Å². The molecule has 3 aliphatic rings. The molecule has 0 radical (unpaired) electrons. The van der Waals surface area contributed by atoms with Gasteiger partial charge in [-0.05, 0) is 22.6 Å². The van der Waals surface area contributed by atoms with Crippen LogP contribution in [0.3, 0.4) is 0 Å². The van der Waals surface area contributed by atoms with E-state index in [-0.39, 0.29) is 0 Å². The Morgan fingerprint density at radius 2 is 1.94 bits per heavy atom. The molecule has 0 aromatic heterocycles. The lowest BCUT2D eigenvalue weighted by Gasteiger charge is -2.12. The van der Waals surface area contributed by atoms with Crippen molar-refractivity contribution in [3.8, 4) is 16.9 Å². The van der Waals surface area contributed by atoms with Crippen LogP contribution in [0.5, 0.6) is 5.75 Å². The second kappa shape index (κ2) is 3.57. The van der Waals surface area contributed by atoms with Crippen LogP contribution in [0.25, 0.3) is 21.9 Å². The summed E-state index contributed by atoms with van der Waals surface area (Å²) in [6, 6.07) is 16.9. The molecule has 0 spiro atoms. The fourth-order valence-electron chi connectivity index (χ4n) is 2.58. The van der Waals surface area contributed by atoms with Gasteiger partial charge in [0.1, 0.15) is 5.75 Å². The number of fused-ring (bicyclic) bond motifs is 5. The Hall–Kier alpha value is -2.35. The molecule has 0 unspecified atom stereocenters. The largest absolute Gasteiger partial charge is 0.470 e. The Labute approximate surface area is 105 Å². The van der Waals surface area contributed by atoms with Crippen molar-refractivity contribution in [1.29, 1.82) is 0 Å². The number of nitrogens with zero attached hydrogens (tertiary/aromatic N) is 1. The Morgan fingerprint density at radius 1 is 1.00 bits per heavy atom. The van der Waals surface area contributed by atoms with Gasteiger partial charge >= 0.3 is 0 Å². The van der Waals surface area contributed by atoms with Gasteiger partial charge in [-0.3, -0.25) is 4.99 Å². The number of hydrogen-bond donors (Lipinski definition) is 0. The van der Waals surface area contributed by atoms with Gasteiger partial charge in [-0.25, -0.2) is 0 Å². The van der Waals surface area contributed by atoms with E-state index in [0.29, 0.717) is 6.73 Å². The molecule has 4 rings (SSSR count). The van der Waals surface area contributed by atoms with Crippen LogP contribution in [0.2, 0.25) is 0 Å². The van der Waals surface area contributed by atoms with Crippen molar-refractivity contribution in [1.82, 2.24) is 0 Å². The molecule has 18 heavy (non-hydrogen) atoms.